The van der Waals surface area contributed by atoms with E-state index in [2.05, 4.69) is 10.6 Å². The van der Waals surface area contributed by atoms with Crippen LogP contribution in [0.15, 0.2) is 24.3 Å². The number of anilines is 1. The highest BCUT2D eigenvalue weighted by molar-refractivity contribution is 7.99. The highest BCUT2D eigenvalue weighted by atomic mass is 32.2. The molecule has 1 heterocycles. The molecule has 1 unspecified atom stereocenters. The van der Waals surface area contributed by atoms with E-state index >= 15 is 0 Å². The third kappa shape index (κ3) is 6.25. The minimum absolute atomic E-state index is 0.0250. The molecule has 0 radical (unpaired) electrons. The van der Waals surface area contributed by atoms with Crippen molar-refractivity contribution in [1.82, 2.24) is 10.2 Å². The van der Waals surface area contributed by atoms with Crippen molar-refractivity contribution in [1.29, 1.82) is 0 Å². The number of hydrogen-bond acceptors (Lipinski definition) is 5. The molecular weight excluding hydrogens is 338 g/mol. The summed E-state index contributed by atoms with van der Waals surface area (Å²) in [5.41, 5.74) is 0.615. The zero-order valence-corrected chi connectivity index (χ0v) is 15.7. The summed E-state index contributed by atoms with van der Waals surface area (Å²) in [5.74, 6) is 2.45. The average Bonchev–Trinajstić information content (AvgIpc) is 2.62. The van der Waals surface area contributed by atoms with Crippen LogP contribution < -0.4 is 15.4 Å². The monoisotopic (exact) mass is 365 g/mol. The number of nitrogens with zero attached hydrogens (tertiary/aromatic N) is 1. The Labute approximate surface area is 153 Å². The standard InChI is InChI=1S/C18H27N3O3S/c1-3-9-21(18(23)11-14-13-25-10-8-19-14)12-17(22)20-15-6-4-5-7-16(15)24-2/h4-7,14,19H,3,8-13H2,1-2H3,(H,20,22). The van der Waals surface area contributed by atoms with Crippen molar-refractivity contribution in [3.63, 3.8) is 0 Å². The molecule has 1 aromatic carbocycles. The number of rotatable bonds is 8. The van der Waals surface area contributed by atoms with Gasteiger partial charge in [0.25, 0.3) is 0 Å². The van der Waals surface area contributed by atoms with E-state index in [1.807, 2.05) is 30.8 Å². The van der Waals surface area contributed by atoms with E-state index < -0.39 is 0 Å². The van der Waals surface area contributed by atoms with Gasteiger partial charge in [-0.3, -0.25) is 9.59 Å². The van der Waals surface area contributed by atoms with E-state index in [9.17, 15) is 9.59 Å². The number of nitrogens with one attached hydrogen (secondary N) is 2. The Morgan fingerprint density at radius 3 is 2.88 bits per heavy atom. The molecule has 1 atom stereocenters. The molecule has 1 aliphatic rings. The number of carbonyl (C=O) groups is 2. The smallest absolute Gasteiger partial charge is 0.244 e. The SMILES string of the molecule is CCCN(CC(=O)Nc1ccccc1OC)C(=O)CC1CSCCN1. The second-order valence-electron chi connectivity index (χ2n) is 5.99. The fourth-order valence-corrected chi connectivity index (χ4v) is 3.71. The number of methoxy groups -OCH3 is 1. The molecule has 1 fully saturated rings. The molecular formula is C18H27N3O3S. The maximum absolute atomic E-state index is 12.6. The quantitative estimate of drug-likeness (QED) is 0.737. The van der Waals surface area contributed by atoms with Crippen LogP contribution in [0, 0.1) is 0 Å². The number of hydrogen-bond donors (Lipinski definition) is 2. The van der Waals surface area contributed by atoms with Gasteiger partial charge in [-0.05, 0) is 18.6 Å². The van der Waals surface area contributed by atoms with Gasteiger partial charge < -0.3 is 20.3 Å². The highest BCUT2D eigenvalue weighted by Crippen LogP contribution is 2.23. The normalized spacial score (nSPS) is 17.0. The van der Waals surface area contributed by atoms with Crippen LogP contribution in [0.1, 0.15) is 19.8 Å². The van der Waals surface area contributed by atoms with Crippen LogP contribution in [0.25, 0.3) is 0 Å². The Morgan fingerprint density at radius 2 is 2.20 bits per heavy atom. The molecule has 2 amide bonds. The Bertz CT molecular complexity index is 576. The summed E-state index contributed by atoms with van der Waals surface area (Å²) in [4.78, 5) is 26.6. The van der Waals surface area contributed by atoms with Gasteiger partial charge in [-0.1, -0.05) is 19.1 Å². The molecule has 1 aliphatic heterocycles. The molecule has 0 bridgehead atoms. The first-order chi connectivity index (χ1) is 12.1. The molecule has 0 spiro atoms. The molecule has 7 heteroatoms. The Balaban J connectivity index is 1.92. The molecule has 2 rings (SSSR count). The third-order valence-electron chi connectivity index (χ3n) is 3.98. The van der Waals surface area contributed by atoms with Crippen LogP contribution in [-0.4, -0.2) is 61.0 Å². The van der Waals surface area contributed by atoms with Crippen molar-refractivity contribution in [2.45, 2.75) is 25.8 Å². The van der Waals surface area contributed by atoms with Crippen LogP contribution >= 0.6 is 11.8 Å². The summed E-state index contributed by atoms with van der Waals surface area (Å²) in [5, 5.41) is 6.20. The maximum Gasteiger partial charge on any atom is 0.244 e. The highest BCUT2D eigenvalue weighted by Gasteiger charge is 2.22. The topological polar surface area (TPSA) is 70.7 Å². The Morgan fingerprint density at radius 1 is 1.40 bits per heavy atom. The number of amides is 2. The molecule has 1 saturated heterocycles. The van der Waals surface area contributed by atoms with Gasteiger partial charge >= 0.3 is 0 Å². The molecule has 0 saturated carbocycles. The van der Waals surface area contributed by atoms with Crippen LogP contribution in [0.4, 0.5) is 5.69 Å². The minimum atomic E-state index is -0.211. The number of thioether (sulfide) groups is 1. The van der Waals surface area contributed by atoms with Crippen LogP contribution in [0.3, 0.4) is 0 Å². The van der Waals surface area contributed by atoms with Gasteiger partial charge in [0.15, 0.2) is 0 Å². The second kappa shape index (κ2) is 10.3. The minimum Gasteiger partial charge on any atom is -0.495 e. The zero-order valence-electron chi connectivity index (χ0n) is 14.9. The lowest BCUT2D eigenvalue weighted by molar-refractivity contribution is -0.135. The summed E-state index contributed by atoms with van der Waals surface area (Å²) in [7, 11) is 1.56. The predicted molar refractivity (Wildman–Crippen MR) is 102 cm³/mol. The first-order valence-corrected chi connectivity index (χ1v) is 9.81. The predicted octanol–water partition coefficient (Wildman–Crippen LogP) is 1.97. The van der Waals surface area contributed by atoms with E-state index in [4.69, 9.17) is 4.74 Å². The molecule has 0 aromatic heterocycles. The van der Waals surface area contributed by atoms with Crippen molar-refractivity contribution in [3.05, 3.63) is 24.3 Å². The van der Waals surface area contributed by atoms with Gasteiger partial charge in [0.2, 0.25) is 11.8 Å². The number of para-hydroxylation sites is 2. The van der Waals surface area contributed by atoms with Gasteiger partial charge in [-0.2, -0.15) is 11.8 Å². The van der Waals surface area contributed by atoms with Crippen molar-refractivity contribution >= 4 is 29.3 Å². The van der Waals surface area contributed by atoms with Gasteiger partial charge in [-0.25, -0.2) is 0 Å². The van der Waals surface area contributed by atoms with Crippen molar-refractivity contribution < 1.29 is 14.3 Å². The molecule has 2 N–H and O–H groups in total. The fraction of sp³-hybridized carbons (Fsp3) is 0.556. The molecule has 25 heavy (non-hydrogen) atoms. The van der Waals surface area contributed by atoms with Crippen molar-refractivity contribution in [2.24, 2.45) is 0 Å². The van der Waals surface area contributed by atoms with Gasteiger partial charge in [0.1, 0.15) is 5.75 Å². The van der Waals surface area contributed by atoms with Crippen molar-refractivity contribution in [2.75, 3.05) is 43.6 Å². The molecule has 0 aliphatic carbocycles. The molecule has 6 nitrogen and oxygen atoms in total. The molecule has 1 aromatic rings. The number of ether oxygens (including phenoxy) is 1. The van der Waals surface area contributed by atoms with E-state index in [1.54, 1.807) is 24.1 Å². The first-order valence-electron chi connectivity index (χ1n) is 8.65. The Kier molecular flexibility index (Phi) is 8.08. The molecule has 138 valence electrons. The zero-order chi connectivity index (χ0) is 18.1. The fourth-order valence-electron chi connectivity index (χ4n) is 2.76. The van der Waals surface area contributed by atoms with Crippen LogP contribution in [0.2, 0.25) is 0 Å². The first kappa shape index (κ1) is 19.6. The van der Waals surface area contributed by atoms with Crippen LogP contribution in [-0.2, 0) is 9.59 Å². The summed E-state index contributed by atoms with van der Waals surface area (Å²) in [6.45, 7) is 3.58. The van der Waals surface area contributed by atoms with Crippen LogP contribution in [0.5, 0.6) is 5.75 Å². The van der Waals surface area contributed by atoms with E-state index in [1.165, 1.54) is 0 Å². The van der Waals surface area contributed by atoms with E-state index in [0.717, 1.165) is 24.5 Å². The lowest BCUT2D eigenvalue weighted by atomic mass is 10.2. The largest absolute Gasteiger partial charge is 0.495 e. The summed E-state index contributed by atoms with van der Waals surface area (Å²) in [6, 6.07) is 7.45. The number of benzene rings is 1. The maximum atomic E-state index is 12.6. The summed E-state index contributed by atoms with van der Waals surface area (Å²) in [6.07, 6.45) is 1.26. The number of carbonyl (C=O) groups excluding carboxylic acids is 2. The van der Waals surface area contributed by atoms with E-state index in [0.29, 0.717) is 24.4 Å². The second-order valence-corrected chi connectivity index (χ2v) is 7.14. The Hall–Kier alpha value is -1.73. The lowest BCUT2D eigenvalue weighted by Gasteiger charge is -2.27. The summed E-state index contributed by atoms with van der Waals surface area (Å²) >= 11 is 1.86. The van der Waals surface area contributed by atoms with E-state index in [-0.39, 0.29) is 24.4 Å². The van der Waals surface area contributed by atoms with Crippen molar-refractivity contribution in [3.8, 4) is 5.75 Å². The summed E-state index contributed by atoms with van der Waals surface area (Å²) < 4.78 is 5.24. The van der Waals surface area contributed by atoms with Gasteiger partial charge in [0, 0.05) is 37.1 Å². The van der Waals surface area contributed by atoms with Gasteiger partial charge in [0.05, 0.1) is 19.3 Å². The van der Waals surface area contributed by atoms with Gasteiger partial charge in [-0.15, -0.1) is 0 Å². The average molecular weight is 365 g/mol. The lowest BCUT2D eigenvalue weighted by Crippen LogP contribution is -2.44. The third-order valence-corrected chi connectivity index (χ3v) is 5.11.